The molecular weight excluding hydrogens is 340 g/mol. The Morgan fingerprint density at radius 2 is 1.70 bits per heavy atom. The van der Waals surface area contributed by atoms with Crippen molar-refractivity contribution < 1.29 is 14.6 Å². The average molecular weight is 368 g/mol. The highest BCUT2D eigenvalue weighted by atomic mass is 16.5. The molecule has 27 heavy (non-hydrogen) atoms. The lowest BCUT2D eigenvalue weighted by Gasteiger charge is -2.12. The standard InChI is InChI=1S/C22H28N2O3/c1-15-13-20-21(14-16(15)2)24(22(23-20)17(3)25)11-5-6-12-27-19-9-7-18(26-4)8-10-19/h7-10,13-14,17,25H,5-6,11-12H2,1-4H3. The summed E-state index contributed by atoms with van der Waals surface area (Å²) < 4.78 is 13.1. The van der Waals surface area contributed by atoms with Gasteiger partial charge in [-0.05, 0) is 81.1 Å². The van der Waals surface area contributed by atoms with E-state index in [0.29, 0.717) is 6.61 Å². The second-order valence-corrected chi connectivity index (χ2v) is 6.95. The van der Waals surface area contributed by atoms with Gasteiger partial charge in [0.05, 0.1) is 24.8 Å². The van der Waals surface area contributed by atoms with E-state index in [4.69, 9.17) is 9.47 Å². The Morgan fingerprint density at radius 3 is 2.37 bits per heavy atom. The second kappa shape index (κ2) is 8.44. The van der Waals surface area contributed by atoms with E-state index in [1.54, 1.807) is 14.0 Å². The van der Waals surface area contributed by atoms with Crippen molar-refractivity contribution in [3.63, 3.8) is 0 Å². The fourth-order valence-corrected chi connectivity index (χ4v) is 3.19. The van der Waals surface area contributed by atoms with Gasteiger partial charge in [-0.15, -0.1) is 0 Å². The molecule has 0 aliphatic rings. The fourth-order valence-electron chi connectivity index (χ4n) is 3.19. The number of aryl methyl sites for hydroxylation is 3. The van der Waals surface area contributed by atoms with E-state index >= 15 is 0 Å². The molecule has 1 heterocycles. The molecule has 0 saturated heterocycles. The fraction of sp³-hybridized carbons (Fsp3) is 0.409. The van der Waals surface area contributed by atoms with Crippen LogP contribution in [0.15, 0.2) is 36.4 Å². The molecule has 144 valence electrons. The van der Waals surface area contributed by atoms with Gasteiger partial charge in [-0.1, -0.05) is 0 Å². The van der Waals surface area contributed by atoms with Crippen molar-refractivity contribution in [2.45, 2.75) is 46.3 Å². The number of aliphatic hydroxyl groups excluding tert-OH is 1. The molecule has 0 aliphatic heterocycles. The molecule has 5 nitrogen and oxygen atoms in total. The van der Waals surface area contributed by atoms with Gasteiger partial charge in [0.1, 0.15) is 23.4 Å². The number of aromatic nitrogens is 2. The van der Waals surface area contributed by atoms with Crippen LogP contribution in [0, 0.1) is 13.8 Å². The van der Waals surface area contributed by atoms with Crippen molar-refractivity contribution in [1.29, 1.82) is 0 Å². The van der Waals surface area contributed by atoms with Crippen LogP contribution in [0.2, 0.25) is 0 Å². The molecule has 0 amide bonds. The highest BCUT2D eigenvalue weighted by Gasteiger charge is 2.15. The first-order valence-electron chi connectivity index (χ1n) is 9.42. The lowest BCUT2D eigenvalue weighted by atomic mass is 10.1. The lowest BCUT2D eigenvalue weighted by Crippen LogP contribution is -2.08. The third-order valence-electron chi connectivity index (χ3n) is 4.87. The Labute approximate surface area is 160 Å². The van der Waals surface area contributed by atoms with Crippen LogP contribution >= 0.6 is 0 Å². The molecule has 5 heteroatoms. The van der Waals surface area contributed by atoms with Crippen LogP contribution in [-0.2, 0) is 6.54 Å². The third kappa shape index (κ3) is 4.42. The summed E-state index contributed by atoms with van der Waals surface area (Å²) in [5.74, 6) is 2.40. The molecule has 1 unspecified atom stereocenters. The monoisotopic (exact) mass is 368 g/mol. The number of ether oxygens (including phenoxy) is 2. The van der Waals surface area contributed by atoms with Crippen LogP contribution in [-0.4, -0.2) is 28.4 Å². The molecule has 1 aromatic heterocycles. The van der Waals surface area contributed by atoms with E-state index in [2.05, 4.69) is 35.5 Å². The number of rotatable bonds is 8. The van der Waals surface area contributed by atoms with Crippen LogP contribution in [0.5, 0.6) is 11.5 Å². The van der Waals surface area contributed by atoms with Crippen LogP contribution in [0.1, 0.15) is 42.8 Å². The summed E-state index contributed by atoms with van der Waals surface area (Å²) in [4.78, 5) is 4.65. The second-order valence-electron chi connectivity index (χ2n) is 6.95. The zero-order valence-electron chi connectivity index (χ0n) is 16.5. The van der Waals surface area contributed by atoms with Crippen LogP contribution < -0.4 is 9.47 Å². The topological polar surface area (TPSA) is 56.5 Å². The first-order valence-corrected chi connectivity index (χ1v) is 9.42. The molecule has 1 atom stereocenters. The molecule has 2 aromatic carbocycles. The SMILES string of the molecule is COc1ccc(OCCCCn2c(C(C)O)nc3cc(C)c(C)cc32)cc1. The van der Waals surface area contributed by atoms with E-state index < -0.39 is 6.10 Å². The Balaban J connectivity index is 1.62. The Morgan fingerprint density at radius 1 is 1.04 bits per heavy atom. The minimum absolute atomic E-state index is 0.589. The summed E-state index contributed by atoms with van der Waals surface area (Å²) >= 11 is 0. The van der Waals surface area contributed by atoms with Gasteiger partial charge in [0.15, 0.2) is 0 Å². The molecule has 1 N–H and O–H groups in total. The predicted octanol–water partition coefficient (Wildman–Crippen LogP) is 4.57. The molecule has 3 rings (SSSR count). The van der Waals surface area contributed by atoms with Crippen molar-refractivity contribution in [2.75, 3.05) is 13.7 Å². The van der Waals surface area contributed by atoms with Crippen molar-refractivity contribution in [3.8, 4) is 11.5 Å². The third-order valence-corrected chi connectivity index (χ3v) is 4.87. The van der Waals surface area contributed by atoms with E-state index in [0.717, 1.165) is 47.7 Å². The van der Waals surface area contributed by atoms with Gasteiger partial charge in [0.2, 0.25) is 0 Å². The minimum Gasteiger partial charge on any atom is -0.497 e. The van der Waals surface area contributed by atoms with E-state index in [1.807, 2.05) is 24.3 Å². The van der Waals surface area contributed by atoms with Crippen LogP contribution in [0.3, 0.4) is 0 Å². The Hall–Kier alpha value is -2.53. The Bertz CT molecular complexity index is 898. The molecule has 0 aliphatic carbocycles. The smallest absolute Gasteiger partial charge is 0.138 e. The van der Waals surface area contributed by atoms with Gasteiger partial charge in [0.25, 0.3) is 0 Å². The first-order chi connectivity index (χ1) is 13.0. The summed E-state index contributed by atoms with van der Waals surface area (Å²) in [6.07, 6.45) is 1.29. The highest BCUT2D eigenvalue weighted by Crippen LogP contribution is 2.24. The number of methoxy groups -OCH3 is 1. The molecular formula is C22H28N2O3. The number of hydrogen-bond acceptors (Lipinski definition) is 4. The normalized spacial score (nSPS) is 12.3. The molecule has 0 fully saturated rings. The van der Waals surface area contributed by atoms with Crippen LogP contribution in [0.4, 0.5) is 0 Å². The maximum atomic E-state index is 10.1. The number of nitrogens with zero attached hydrogens (tertiary/aromatic N) is 2. The van der Waals surface area contributed by atoms with E-state index in [-0.39, 0.29) is 0 Å². The zero-order chi connectivity index (χ0) is 19.4. The maximum Gasteiger partial charge on any atom is 0.138 e. The van der Waals surface area contributed by atoms with Crippen molar-refractivity contribution in [2.24, 2.45) is 0 Å². The van der Waals surface area contributed by atoms with Gasteiger partial charge in [-0.3, -0.25) is 0 Å². The average Bonchev–Trinajstić information content (AvgIpc) is 3.00. The summed E-state index contributed by atoms with van der Waals surface area (Å²) in [7, 11) is 1.65. The Kier molecular flexibility index (Phi) is 6.01. The quantitative estimate of drug-likeness (QED) is 0.592. The molecule has 0 spiro atoms. The summed E-state index contributed by atoms with van der Waals surface area (Å²) in [6, 6.07) is 11.9. The maximum absolute atomic E-state index is 10.1. The van der Waals surface area contributed by atoms with Crippen molar-refractivity contribution in [1.82, 2.24) is 9.55 Å². The van der Waals surface area contributed by atoms with E-state index in [1.165, 1.54) is 11.1 Å². The molecule has 0 bridgehead atoms. The number of unbranched alkanes of at least 4 members (excludes halogenated alkanes) is 1. The van der Waals surface area contributed by atoms with Gasteiger partial charge in [0, 0.05) is 6.54 Å². The van der Waals surface area contributed by atoms with Gasteiger partial charge in [-0.2, -0.15) is 0 Å². The first kappa shape index (κ1) is 19.2. The predicted molar refractivity (Wildman–Crippen MR) is 108 cm³/mol. The number of imidazole rings is 1. The molecule has 3 aromatic rings. The summed E-state index contributed by atoms with van der Waals surface area (Å²) in [6.45, 7) is 7.43. The van der Waals surface area contributed by atoms with Crippen molar-refractivity contribution in [3.05, 3.63) is 53.3 Å². The minimum atomic E-state index is -0.589. The van der Waals surface area contributed by atoms with Gasteiger partial charge in [-0.25, -0.2) is 4.98 Å². The zero-order valence-corrected chi connectivity index (χ0v) is 16.5. The lowest BCUT2D eigenvalue weighted by molar-refractivity contribution is 0.184. The molecule has 0 radical (unpaired) electrons. The summed E-state index contributed by atoms with van der Waals surface area (Å²) in [5, 5.41) is 10.1. The number of fused-ring (bicyclic) bond motifs is 1. The molecule has 0 saturated carbocycles. The van der Waals surface area contributed by atoms with Crippen LogP contribution in [0.25, 0.3) is 11.0 Å². The highest BCUT2D eigenvalue weighted by molar-refractivity contribution is 5.78. The van der Waals surface area contributed by atoms with Crippen molar-refractivity contribution >= 4 is 11.0 Å². The number of benzene rings is 2. The summed E-state index contributed by atoms with van der Waals surface area (Å²) in [5.41, 5.74) is 4.49. The van der Waals surface area contributed by atoms with Gasteiger partial charge >= 0.3 is 0 Å². The number of hydrogen-bond donors (Lipinski definition) is 1. The van der Waals surface area contributed by atoms with Gasteiger partial charge < -0.3 is 19.1 Å². The number of aliphatic hydroxyl groups is 1. The largest absolute Gasteiger partial charge is 0.497 e. The van der Waals surface area contributed by atoms with E-state index in [9.17, 15) is 5.11 Å².